The molecule has 0 radical (unpaired) electrons. The van der Waals surface area contributed by atoms with E-state index in [1.54, 1.807) is 6.20 Å². The number of aryl methyl sites for hydroxylation is 1. The summed E-state index contributed by atoms with van der Waals surface area (Å²) in [7, 11) is 2.11. The summed E-state index contributed by atoms with van der Waals surface area (Å²) >= 11 is 1.51. The van der Waals surface area contributed by atoms with Crippen LogP contribution >= 0.6 is 11.8 Å². The highest BCUT2D eigenvalue weighted by molar-refractivity contribution is 7.99. The Labute approximate surface area is 147 Å². The van der Waals surface area contributed by atoms with Crippen molar-refractivity contribution in [3.05, 3.63) is 42.2 Å². The summed E-state index contributed by atoms with van der Waals surface area (Å²) in [6.07, 6.45) is 4.79. The first kappa shape index (κ1) is 17.0. The summed E-state index contributed by atoms with van der Waals surface area (Å²) in [6.45, 7) is 5.78. The Morgan fingerprint density at radius 2 is 2.04 bits per heavy atom. The molecule has 0 aliphatic carbocycles. The van der Waals surface area contributed by atoms with E-state index in [0.29, 0.717) is 5.75 Å². The number of para-hydroxylation sites is 1. The number of imidazole rings is 1. The fourth-order valence-corrected chi connectivity index (χ4v) is 3.80. The molecule has 0 saturated carbocycles. The first-order chi connectivity index (χ1) is 11.6. The molecule has 6 heteroatoms. The second-order valence-corrected chi connectivity index (χ2v) is 7.14. The minimum Gasteiger partial charge on any atom is -0.341 e. The van der Waals surface area contributed by atoms with Gasteiger partial charge in [0.15, 0.2) is 5.16 Å². The van der Waals surface area contributed by atoms with Crippen LogP contribution in [0.2, 0.25) is 0 Å². The molecule has 1 saturated heterocycles. The van der Waals surface area contributed by atoms with Crippen molar-refractivity contribution < 1.29 is 4.79 Å². The van der Waals surface area contributed by atoms with Crippen LogP contribution in [0.4, 0.5) is 0 Å². The van der Waals surface area contributed by atoms with Crippen molar-refractivity contribution in [3.8, 4) is 5.69 Å². The minimum atomic E-state index is 0.203. The molecule has 3 rings (SSSR count). The molecule has 5 nitrogen and oxygen atoms in total. The molecule has 128 valence electrons. The van der Waals surface area contributed by atoms with E-state index in [9.17, 15) is 4.79 Å². The van der Waals surface area contributed by atoms with Crippen LogP contribution in [0.15, 0.2) is 41.8 Å². The van der Waals surface area contributed by atoms with Gasteiger partial charge in [-0.1, -0.05) is 30.0 Å². The highest BCUT2D eigenvalue weighted by Crippen LogP contribution is 2.23. The van der Waals surface area contributed by atoms with Crippen molar-refractivity contribution in [3.63, 3.8) is 0 Å². The van der Waals surface area contributed by atoms with Gasteiger partial charge in [0.05, 0.1) is 11.4 Å². The highest BCUT2D eigenvalue weighted by atomic mass is 32.2. The van der Waals surface area contributed by atoms with Crippen molar-refractivity contribution in [2.75, 3.05) is 39.0 Å². The Balaban J connectivity index is 1.64. The lowest BCUT2D eigenvalue weighted by atomic mass is 10.2. The third kappa shape index (κ3) is 3.99. The summed E-state index contributed by atoms with van der Waals surface area (Å²) in [5.74, 6) is 0.640. The molecule has 0 N–H and O–H groups in total. The SMILES string of the molecule is Cc1ccccc1-n1ccnc1SCC(=O)N1CCCN(C)CC1. The van der Waals surface area contributed by atoms with Crippen LogP contribution in [0, 0.1) is 6.92 Å². The van der Waals surface area contributed by atoms with Gasteiger partial charge in [-0.05, 0) is 38.6 Å². The van der Waals surface area contributed by atoms with Gasteiger partial charge in [0.25, 0.3) is 0 Å². The van der Waals surface area contributed by atoms with Gasteiger partial charge in [0, 0.05) is 32.0 Å². The maximum absolute atomic E-state index is 12.5. The van der Waals surface area contributed by atoms with E-state index in [1.165, 1.54) is 17.3 Å². The van der Waals surface area contributed by atoms with Crippen LogP contribution in [0.5, 0.6) is 0 Å². The summed E-state index contributed by atoms with van der Waals surface area (Å²) < 4.78 is 2.06. The zero-order valence-electron chi connectivity index (χ0n) is 14.3. The number of nitrogens with zero attached hydrogens (tertiary/aromatic N) is 4. The number of carbonyl (C=O) groups excluding carboxylic acids is 1. The third-order valence-electron chi connectivity index (χ3n) is 4.38. The largest absolute Gasteiger partial charge is 0.341 e. The number of hydrogen-bond acceptors (Lipinski definition) is 4. The molecule has 1 aliphatic rings. The highest BCUT2D eigenvalue weighted by Gasteiger charge is 2.18. The molecule has 2 aromatic rings. The van der Waals surface area contributed by atoms with E-state index >= 15 is 0 Å². The first-order valence-corrected chi connectivity index (χ1v) is 9.32. The number of rotatable bonds is 4. The van der Waals surface area contributed by atoms with Crippen molar-refractivity contribution >= 4 is 17.7 Å². The van der Waals surface area contributed by atoms with Gasteiger partial charge in [0.2, 0.25) is 5.91 Å². The van der Waals surface area contributed by atoms with Crippen molar-refractivity contribution in [2.45, 2.75) is 18.5 Å². The fourth-order valence-electron chi connectivity index (χ4n) is 2.93. The van der Waals surface area contributed by atoms with Gasteiger partial charge in [0.1, 0.15) is 0 Å². The number of carbonyl (C=O) groups is 1. The minimum absolute atomic E-state index is 0.203. The van der Waals surface area contributed by atoms with Crippen LogP contribution in [0.3, 0.4) is 0 Å². The molecule has 1 fully saturated rings. The van der Waals surface area contributed by atoms with Crippen LogP contribution < -0.4 is 0 Å². The standard InChI is InChI=1S/C18H24N4OS/c1-15-6-3-4-7-16(15)22-11-8-19-18(22)24-14-17(23)21-10-5-9-20(2)12-13-21/h3-4,6-8,11H,5,9-10,12-14H2,1-2H3. The van der Waals surface area contributed by atoms with E-state index in [-0.39, 0.29) is 5.91 Å². The summed E-state index contributed by atoms with van der Waals surface area (Å²) in [6, 6.07) is 8.22. The fraction of sp³-hybridized carbons (Fsp3) is 0.444. The number of hydrogen-bond donors (Lipinski definition) is 0. The van der Waals surface area contributed by atoms with Gasteiger partial charge in [-0.2, -0.15) is 0 Å². The molecule has 1 aliphatic heterocycles. The molecule has 1 aromatic heterocycles. The quantitative estimate of drug-likeness (QED) is 0.799. The van der Waals surface area contributed by atoms with Crippen molar-refractivity contribution in [1.82, 2.24) is 19.4 Å². The molecular formula is C18H24N4OS. The van der Waals surface area contributed by atoms with Crippen LogP contribution in [0.1, 0.15) is 12.0 Å². The summed E-state index contributed by atoms with van der Waals surface area (Å²) in [5, 5.41) is 0.865. The molecule has 0 atom stereocenters. The maximum atomic E-state index is 12.5. The topological polar surface area (TPSA) is 41.4 Å². The second kappa shape index (κ2) is 7.85. The van der Waals surface area contributed by atoms with E-state index < -0.39 is 0 Å². The lowest BCUT2D eigenvalue weighted by Gasteiger charge is -2.20. The Bertz CT molecular complexity index is 700. The van der Waals surface area contributed by atoms with Crippen LogP contribution in [0.25, 0.3) is 5.69 Å². The van der Waals surface area contributed by atoms with E-state index in [2.05, 4.69) is 40.6 Å². The monoisotopic (exact) mass is 344 g/mol. The van der Waals surface area contributed by atoms with Gasteiger partial charge >= 0.3 is 0 Å². The zero-order chi connectivity index (χ0) is 16.9. The molecule has 2 heterocycles. The lowest BCUT2D eigenvalue weighted by molar-refractivity contribution is -0.128. The molecule has 0 bridgehead atoms. The van der Waals surface area contributed by atoms with Crippen molar-refractivity contribution in [1.29, 1.82) is 0 Å². The van der Waals surface area contributed by atoms with Gasteiger partial charge < -0.3 is 9.80 Å². The number of thioether (sulfide) groups is 1. The van der Waals surface area contributed by atoms with Crippen LogP contribution in [-0.2, 0) is 4.79 Å². The molecule has 0 unspecified atom stereocenters. The predicted octanol–water partition coefficient (Wildman–Crippen LogP) is 2.44. The smallest absolute Gasteiger partial charge is 0.233 e. The van der Waals surface area contributed by atoms with Crippen LogP contribution in [-0.4, -0.2) is 64.2 Å². The normalized spacial score (nSPS) is 16.2. The second-order valence-electron chi connectivity index (χ2n) is 6.19. The number of benzene rings is 1. The first-order valence-electron chi connectivity index (χ1n) is 8.33. The molecule has 0 spiro atoms. The van der Waals surface area contributed by atoms with Gasteiger partial charge in [-0.3, -0.25) is 9.36 Å². The third-order valence-corrected chi connectivity index (χ3v) is 5.33. The maximum Gasteiger partial charge on any atom is 0.233 e. The summed E-state index contributed by atoms with van der Waals surface area (Å²) in [4.78, 5) is 21.2. The van der Waals surface area contributed by atoms with E-state index in [1.807, 2.05) is 23.2 Å². The number of aromatic nitrogens is 2. The van der Waals surface area contributed by atoms with Gasteiger partial charge in [-0.25, -0.2) is 4.98 Å². The Hall–Kier alpha value is -1.79. The summed E-state index contributed by atoms with van der Waals surface area (Å²) in [5.41, 5.74) is 2.31. The van der Waals surface area contributed by atoms with E-state index in [0.717, 1.165) is 43.4 Å². The average molecular weight is 344 g/mol. The van der Waals surface area contributed by atoms with Gasteiger partial charge in [-0.15, -0.1) is 0 Å². The van der Waals surface area contributed by atoms with Crippen molar-refractivity contribution in [2.24, 2.45) is 0 Å². The lowest BCUT2D eigenvalue weighted by Crippen LogP contribution is -2.35. The predicted molar refractivity (Wildman–Crippen MR) is 97.7 cm³/mol. The Morgan fingerprint density at radius 1 is 1.21 bits per heavy atom. The Morgan fingerprint density at radius 3 is 2.88 bits per heavy atom. The van der Waals surface area contributed by atoms with E-state index in [4.69, 9.17) is 0 Å². The molecule has 1 aromatic carbocycles. The number of amides is 1. The number of likely N-dealkylation sites (N-methyl/N-ethyl adjacent to an activating group) is 1. The molecular weight excluding hydrogens is 320 g/mol. The zero-order valence-corrected chi connectivity index (χ0v) is 15.1. The molecule has 1 amide bonds. The Kier molecular flexibility index (Phi) is 5.58. The average Bonchev–Trinajstić information content (AvgIpc) is 2.93. The molecule has 24 heavy (non-hydrogen) atoms.